The first-order valence-electron chi connectivity index (χ1n) is 4.41. The van der Waals surface area contributed by atoms with Gasteiger partial charge in [-0.15, -0.1) is 0 Å². The average molecular weight is 227 g/mol. The van der Waals surface area contributed by atoms with Crippen LogP contribution in [0.25, 0.3) is 11.0 Å². The first-order valence-corrected chi connectivity index (χ1v) is 4.41. The molecule has 2 aromatic rings. The minimum Gasteiger partial charge on any atom is -0.477 e. The van der Waals surface area contributed by atoms with Crippen LogP contribution in [0.4, 0.5) is 8.78 Å². The lowest BCUT2D eigenvalue weighted by atomic mass is 10.0. The largest absolute Gasteiger partial charge is 0.477 e. The number of rotatable bonds is 2. The van der Waals surface area contributed by atoms with Gasteiger partial charge in [0.25, 0.3) is 0 Å². The molecule has 0 aliphatic rings. The second-order valence-corrected chi connectivity index (χ2v) is 3.33. The molecule has 0 atom stereocenters. The highest BCUT2D eigenvalue weighted by Crippen LogP contribution is 2.35. The van der Waals surface area contributed by atoms with E-state index in [1.807, 2.05) is 0 Å². The minimum absolute atomic E-state index is 0.0508. The molecule has 0 bridgehead atoms. The Labute approximate surface area is 88.5 Å². The highest BCUT2D eigenvalue weighted by molar-refractivity contribution is 5.89. The Morgan fingerprint density at radius 1 is 1.50 bits per heavy atom. The van der Waals surface area contributed by atoms with Gasteiger partial charge < -0.3 is 9.63 Å². The number of carboxylic acid groups (broad SMARTS) is 1. The van der Waals surface area contributed by atoms with Crippen LogP contribution in [0, 0.1) is 6.92 Å². The third kappa shape index (κ3) is 1.34. The Balaban J connectivity index is 2.78. The molecule has 6 heteroatoms. The predicted molar refractivity (Wildman–Crippen MR) is 50.3 cm³/mol. The van der Waals surface area contributed by atoms with Gasteiger partial charge >= 0.3 is 11.9 Å². The van der Waals surface area contributed by atoms with Crippen molar-refractivity contribution < 1.29 is 23.2 Å². The van der Waals surface area contributed by atoms with E-state index in [0.29, 0.717) is 0 Å². The number of benzene rings is 1. The zero-order chi connectivity index (χ0) is 11.9. The summed E-state index contributed by atoms with van der Waals surface area (Å²) in [6, 6.07) is 3.82. The Morgan fingerprint density at radius 2 is 2.19 bits per heavy atom. The predicted octanol–water partition coefficient (Wildman–Crippen LogP) is 2.31. The maximum Gasteiger partial charge on any atom is 0.379 e. The normalized spacial score (nSPS) is 11.9. The number of hydrogen-bond donors (Lipinski definition) is 1. The van der Waals surface area contributed by atoms with Crippen molar-refractivity contribution in [2.45, 2.75) is 12.8 Å². The third-order valence-corrected chi connectivity index (χ3v) is 2.28. The molecule has 4 nitrogen and oxygen atoms in total. The highest BCUT2D eigenvalue weighted by atomic mass is 19.3. The van der Waals surface area contributed by atoms with Gasteiger partial charge in [-0.25, -0.2) is 4.79 Å². The van der Waals surface area contributed by atoms with Crippen LogP contribution in [0.3, 0.4) is 0 Å². The maximum atomic E-state index is 13.4. The number of aromatic nitrogens is 1. The first kappa shape index (κ1) is 10.5. The number of aliphatic carboxylic acids is 1. The monoisotopic (exact) mass is 227 g/mol. The van der Waals surface area contributed by atoms with Gasteiger partial charge in [-0.2, -0.15) is 8.78 Å². The molecule has 16 heavy (non-hydrogen) atoms. The number of carboxylic acids is 1. The number of nitrogens with zero attached hydrogens (tertiary/aromatic N) is 1. The van der Waals surface area contributed by atoms with E-state index >= 15 is 0 Å². The number of alkyl halides is 2. The fourth-order valence-corrected chi connectivity index (χ4v) is 1.52. The SMILES string of the molecule is Cc1noc2cccc(C(F)(F)C(=O)O)c12. The van der Waals surface area contributed by atoms with Crippen molar-refractivity contribution in [3.63, 3.8) is 0 Å². The number of halogens is 2. The summed E-state index contributed by atoms with van der Waals surface area (Å²) in [6.45, 7) is 1.48. The lowest BCUT2D eigenvalue weighted by molar-refractivity contribution is -0.166. The van der Waals surface area contributed by atoms with Crippen LogP contribution in [-0.2, 0) is 10.7 Å². The standard InChI is InChI=1S/C10H7F2NO3/c1-5-8-6(10(11,12)9(14)15)3-2-4-7(8)16-13-5/h2-4H,1H3,(H,14,15). The summed E-state index contributed by atoms with van der Waals surface area (Å²) in [5.41, 5.74) is -0.210. The molecule has 1 aromatic heterocycles. The summed E-state index contributed by atoms with van der Waals surface area (Å²) >= 11 is 0. The van der Waals surface area contributed by atoms with Gasteiger partial charge in [-0.05, 0) is 13.0 Å². The van der Waals surface area contributed by atoms with E-state index in [1.165, 1.54) is 19.1 Å². The molecule has 0 aliphatic carbocycles. The molecular weight excluding hydrogens is 220 g/mol. The van der Waals surface area contributed by atoms with Gasteiger partial charge in [0.2, 0.25) is 0 Å². The molecular formula is C10H7F2NO3. The van der Waals surface area contributed by atoms with Crippen LogP contribution in [0.1, 0.15) is 11.3 Å². The average Bonchev–Trinajstić information content (AvgIpc) is 2.60. The van der Waals surface area contributed by atoms with Gasteiger partial charge in [0.05, 0.1) is 11.1 Å². The molecule has 0 saturated carbocycles. The highest BCUT2D eigenvalue weighted by Gasteiger charge is 2.43. The van der Waals surface area contributed by atoms with Gasteiger partial charge in [0.1, 0.15) is 0 Å². The molecule has 0 amide bonds. The van der Waals surface area contributed by atoms with Crippen LogP contribution in [0.5, 0.6) is 0 Å². The number of hydrogen-bond acceptors (Lipinski definition) is 3. The summed E-state index contributed by atoms with van der Waals surface area (Å²) in [5, 5.41) is 12.1. The fraction of sp³-hybridized carbons (Fsp3) is 0.200. The molecule has 0 aliphatic heterocycles. The van der Waals surface area contributed by atoms with Crippen LogP contribution < -0.4 is 0 Å². The maximum absolute atomic E-state index is 13.4. The Bertz CT molecular complexity index is 562. The van der Waals surface area contributed by atoms with Crippen molar-refractivity contribution in [2.75, 3.05) is 0 Å². The fourth-order valence-electron chi connectivity index (χ4n) is 1.52. The van der Waals surface area contributed by atoms with E-state index in [1.54, 1.807) is 0 Å². The number of fused-ring (bicyclic) bond motifs is 1. The van der Waals surface area contributed by atoms with Crippen LogP contribution >= 0.6 is 0 Å². The zero-order valence-corrected chi connectivity index (χ0v) is 8.20. The lowest BCUT2D eigenvalue weighted by Crippen LogP contribution is -2.25. The summed E-state index contributed by atoms with van der Waals surface area (Å²) in [7, 11) is 0. The van der Waals surface area contributed by atoms with E-state index in [4.69, 9.17) is 9.63 Å². The molecule has 0 saturated heterocycles. The Hall–Kier alpha value is -1.98. The molecule has 84 valence electrons. The Morgan fingerprint density at radius 3 is 2.81 bits per heavy atom. The summed E-state index contributed by atoms with van der Waals surface area (Å²) in [5.74, 6) is -6.14. The van der Waals surface area contributed by atoms with Gasteiger partial charge in [-0.1, -0.05) is 17.3 Å². The Kier molecular flexibility index (Phi) is 2.15. The van der Waals surface area contributed by atoms with Crippen molar-refractivity contribution >= 4 is 16.9 Å². The van der Waals surface area contributed by atoms with Crippen molar-refractivity contribution in [3.8, 4) is 0 Å². The summed E-state index contributed by atoms with van der Waals surface area (Å²) in [4.78, 5) is 10.5. The van der Waals surface area contributed by atoms with Crippen molar-refractivity contribution in [2.24, 2.45) is 0 Å². The second-order valence-electron chi connectivity index (χ2n) is 3.33. The minimum atomic E-state index is -3.95. The van der Waals surface area contributed by atoms with Gasteiger partial charge in [0, 0.05) is 5.56 Å². The molecule has 0 radical (unpaired) electrons. The molecule has 1 N–H and O–H groups in total. The van der Waals surface area contributed by atoms with Crippen LogP contribution in [0.2, 0.25) is 0 Å². The summed E-state index contributed by atoms with van der Waals surface area (Å²) < 4.78 is 31.6. The van der Waals surface area contributed by atoms with Crippen LogP contribution in [0.15, 0.2) is 22.7 Å². The van der Waals surface area contributed by atoms with Crippen molar-refractivity contribution in [3.05, 3.63) is 29.5 Å². The second kappa shape index (κ2) is 3.26. The van der Waals surface area contributed by atoms with E-state index in [-0.39, 0.29) is 16.7 Å². The number of carbonyl (C=O) groups is 1. The summed E-state index contributed by atoms with van der Waals surface area (Å²) in [6.07, 6.45) is 0. The molecule has 2 rings (SSSR count). The third-order valence-electron chi connectivity index (χ3n) is 2.28. The first-order chi connectivity index (χ1) is 7.44. The molecule has 0 spiro atoms. The van der Waals surface area contributed by atoms with Gasteiger partial charge in [0.15, 0.2) is 5.58 Å². The van der Waals surface area contributed by atoms with Crippen molar-refractivity contribution in [1.29, 1.82) is 0 Å². The number of aryl methyl sites for hydroxylation is 1. The van der Waals surface area contributed by atoms with Crippen LogP contribution in [-0.4, -0.2) is 16.2 Å². The van der Waals surface area contributed by atoms with E-state index in [0.717, 1.165) is 6.07 Å². The van der Waals surface area contributed by atoms with E-state index in [9.17, 15) is 13.6 Å². The topological polar surface area (TPSA) is 63.3 Å². The smallest absolute Gasteiger partial charge is 0.379 e. The van der Waals surface area contributed by atoms with E-state index in [2.05, 4.69) is 5.16 Å². The lowest BCUT2D eigenvalue weighted by Gasteiger charge is -2.11. The molecule has 1 heterocycles. The quantitative estimate of drug-likeness (QED) is 0.854. The van der Waals surface area contributed by atoms with Gasteiger partial charge in [-0.3, -0.25) is 0 Å². The van der Waals surface area contributed by atoms with Crippen molar-refractivity contribution in [1.82, 2.24) is 5.16 Å². The molecule has 1 aromatic carbocycles. The zero-order valence-electron chi connectivity index (χ0n) is 8.20. The molecule has 0 fully saturated rings. The molecule has 0 unspecified atom stereocenters. The van der Waals surface area contributed by atoms with E-state index < -0.39 is 17.5 Å².